The topological polar surface area (TPSA) is 43.8 Å². The summed E-state index contributed by atoms with van der Waals surface area (Å²) in [6.07, 6.45) is 2.89. The van der Waals surface area contributed by atoms with Crippen LogP contribution in [0.25, 0.3) is 0 Å². The van der Waals surface area contributed by atoms with Crippen LogP contribution in [-0.4, -0.2) is 63.1 Å². The highest BCUT2D eigenvalue weighted by molar-refractivity contribution is 5.31. The van der Waals surface area contributed by atoms with E-state index in [1.54, 1.807) is 13.3 Å². The number of methoxy groups -OCH3 is 1. The minimum Gasteiger partial charge on any atom is -0.492 e. The van der Waals surface area contributed by atoms with Gasteiger partial charge < -0.3 is 19.1 Å². The van der Waals surface area contributed by atoms with Crippen molar-refractivity contribution in [2.24, 2.45) is 0 Å². The fourth-order valence-corrected chi connectivity index (χ4v) is 1.97. The van der Waals surface area contributed by atoms with Gasteiger partial charge in [0.15, 0.2) is 0 Å². The Bertz CT molecular complexity index is 473. The molecular weight excluding hydrogens is 268 g/mol. The van der Waals surface area contributed by atoms with Crippen LogP contribution in [0.1, 0.15) is 12.1 Å². The Labute approximate surface area is 126 Å². The average molecular weight is 290 g/mol. The molecule has 1 aromatic rings. The SMILES string of the molecule is COCCCOc1ccc(C#CCOC2CN(C)C2)nc1. The van der Waals surface area contributed by atoms with Gasteiger partial charge in [-0.2, -0.15) is 0 Å². The smallest absolute Gasteiger partial charge is 0.137 e. The summed E-state index contributed by atoms with van der Waals surface area (Å²) in [6, 6.07) is 3.74. The quantitative estimate of drug-likeness (QED) is 0.557. The number of hydrogen-bond donors (Lipinski definition) is 0. The predicted molar refractivity (Wildman–Crippen MR) is 80.3 cm³/mol. The van der Waals surface area contributed by atoms with E-state index in [1.165, 1.54) is 0 Å². The van der Waals surface area contributed by atoms with E-state index in [9.17, 15) is 0 Å². The van der Waals surface area contributed by atoms with Crippen LogP contribution < -0.4 is 4.74 Å². The molecule has 5 nitrogen and oxygen atoms in total. The zero-order valence-electron chi connectivity index (χ0n) is 12.7. The second kappa shape index (κ2) is 8.63. The third kappa shape index (κ3) is 5.72. The van der Waals surface area contributed by atoms with Crippen LogP contribution in [0.15, 0.2) is 18.3 Å². The molecule has 0 aliphatic carbocycles. The molecule has 0 unspecified atom stereocenters. The molecule has 0 aromatic carbocycles. The van der Waals surface area contributed by atoms with Crippen LogP contribution in [0.5, 0.6) is 5.75 Å². The Hall–Kier alpha value is -1.61. The number of likely N-dealkylation sites (tertiary alicyclic amines) is 1. The summed E-state index contributed by atoms with van der Waals surface area (Å²) in [5.41, 5.74) is 0.730. The normalized spacial score (nSPS) is 15.1. The summed E-state index contributed by atoms with van der Waals surface area (Å²) < 4.78 is 16.1. The van der Waals surface area contributed by atoms with E-state index in [4.69, 9.17) is 14.2 Å². The second-order valence-electron chi connectivity index (χ2n) is 5.03. The average Bonchev–Trinajstić information content (AvgIpc) is 2.47. The van der Waals surface area contributed by atoms with Crippen molar-refractivity contribution in [1.82, 2.24) is 9.88 Å². The van der Waals surface area contributed by atoms with Crippen LogP contribution in [0.2, 0.25) is 0 Å². The zero-order valence-corrected chi connectivity index (χ0v) is 12.7. The molecule has 0 atom stereocenters. The molecule has 1 aliphatic rings. The molecule has 1 aliphatic heterocycles. The highest BCUT2D eigenvalue weighted by Gasteiger charge is 2.22. The molecule has 2 heterocycles. The maximum absolute atomic E-state index is 5.59. The molecule has 2 rings (SSSR count). The van der Waals surface area contributed by atoms with Gasteiger partial charge in [-0.3, -0.25) is 0 Å². The van der Waals surface area contributed by atoms with Crippen molar-refractivity contribution >= 4 is 0 Å². The molecule has 1 aromatic heterocycles. The molecule has 21 heavy (non-hydrogen) atoms. The molecule has 0 saturated carbocycles. The summed E-state index contributed by atoms with van der Waals surface area (Å²) in [7, 11) is 3.76. The Morgan fingerprint density at radius 1 is 1.33 bits per heavy atom. The van der Waals surface area contributed by atoms with Gasteiger partial charge >= 0.3 is 0 Å². The molecule has 5 heteroatoms. The second-order valence-corrected chi connectivity index (χ2v) is 5.03. The number of ether oxygens (including phenoxy) is 3. The Kier molecular flexibility index (Phi) is 6.48. The van der Waals surface area contributed by atoms with Crippen LogP contribution in [0.4, 0.5) is 0 Å². The lowest BCUT2D eigenvalue weighted by atomic mass is 10.2. The van der Waals surface area contributed by atoms with Crippen molar-refractivity contribution in [2.45, 2.75) is 12.5 Å². The first-order valence-corrected chi connectivity index (χ1v) is 7.14. The fraction of sp³-hybridized carbons (Fsp3) is 0.562. The number of nitrogens with zero attached hydrogens (tertiary/aromatic N) is 2. The zero-order chi connectivity index (χ0) is 14.9. The number of aromatic nitrogens is 1. The van der Waals surface area contributed by atoms with E-state index < -0.39 is 0 Å². The lowest BCUT2D eigenvalue weighted by Crippen LogP contribution is -2.49. The van der Waals surface area contributed by atoms with Crippen molar-refractivity contribution in [3.8, 4) is 17.6 Å². The summed E-state index contributed by atoms with van der Waals surface area (Å²) in [4.78, 5) is 6.46. The summed E-state index contributed by atoms with van der Waals surface area (Å²) in [5.74, 6) is 6.73. The molecule has 0 bridgehead atoms. The van der Waals surface area contributed by atoms with Crippen LogP contribution in [0.3, 0.4) is 0 Å². The molecule has 1 saturated heterocycles. The number of pyridine rings is 1. The van der Waals surface area contributed by atoms with E-state index in [0.29, 0.717) is 25.9 Å². The summed E-state index contributed by atoms with van der Waals surface area (Å²) in [6.45, 7) is 3.78. The summed E-state index contributed by atoms with van der Waals surface area (Å²) >= 11 is 0. The van der Waals surface area contributed by atoms with Crippen molar-refractivity contribution < 1.29 is 14.2 Å². The molecule has 0 radical (unpaired) electrons. The van der Waals surface area contributed by atoms with Crippen molar-refractivity contribution in [3.63, 3.8) is 0 Å². The van der Waals surface area contributed by atoms with E-state index in [2.05, 4.69) is 28.8 Å². The van der Waals surface area contributed by atoms with Gasteiger partial charge in [-0.05, 0) is 25.1 Å². The molecule has 1 fully saturated rings. The fourth-order valence-electron chi connectivity index (χ4n) is 1.97. The first-order valence-electron chi connectivity index (χ1n) is 7.14. The van der Waals surface area contributed by atoms with Gasteiger partial charge in [-0.1, -0.05) is 5.92 Å². The standard InChI is InChI=1S/C16H22N2O3/c1-18-12-16(13-18)21-9-3-5-14-6-7-15(11-17-14)20-10-4-8-19-2/h6-7,11,16H,4,8-10,12-13H2,1-2H3. The van der Waals surface area contributed by atoms with E-state index in [1.807, 2.05) is 12.1 Å². The maximum atomic E-state index is 5.59. The molecule has 114 valence electrons. The van der Waals surface area contributed by atoms with Gasteiger partial charge in [-0.25, -0.2) is 4.98 Å². The van der Waals surface area contributed by atoms with Gasteiger partial charge in [0.1, 0.15) is 18.1 Å². The third-order valence-electron chi connectivity index (χ3n) is 3.14. The first kappa shape index (κ1) is 15.8. The Morgan fingerprint density at radius 2 is 2.19 bits per heavy atom. The van der Waals surface area contributed by atoms with Crippen molar-refractivity contribution in [3.05, 3.63) is 24.0 Å². The Morgan fingerprint density at radius 3 is 2.86 bits per heavy atom. The lowest BCUT2D eigenvalue weighted by Gasteiger charge is -2.35. The minimum atomic E-state index is 0.333. The molecule has 0 spiro atoms. The van der Waals surface area contributed by atoms with E-state index >= 15 is 0 Å². The summed E-state index contributed by atoms with van der Waals surface area (Å²) in [5, 5.41) is 0. The van der Waals surface area contributed by atoms with Crippen molar-refractivity contribution in [2.75, 3.05) is 47.1 Å². The number of hydrogen-bond acceptors (Lipinski definition) is 5. The van der Waals surface area contributed by atoms with E-state index in [-0.39, 0.29) is 0 Å². The Balaban J connectivity index is 1.67. The van der Waals surface area contributed by atoms with Gasteiger partial charge in [-0.15, -0.1) is 0 Å². The van der Waals surface area contributed by atoms with Crippen LogP contribution >= 0.6 is 0 Å². The first-order chi connectivity index (χ1) is 10.3. The molecule has 0 N–H and O–H groups in total. The van der Waals surface area contributed by atoms with Gasteiger partial charge in [0, 0.05) is 33.2 Å². The number of likely N-dealkylation sites (N-methyl/N-ethyl adjacent to an activating group) is 1. The van der Waals surface area contributed by atoms with Gasteiger partial charge in [0.25, 0.3) is 0 Å². The largest absolute Gasteiger partial charge is 0.492 e. The van der Waals surface area contributed by atoms with Crippen molar-refractivity contribution in [1.29, 1.82) is 0 Å². The highest BCUT2D eigenvalue weighted by Crippen LogP contribution is 2.09. The lowest BCUT2D eigenvalue weighted by molar-refractivity contribution is -0.0294. The predicted octanol–water partition coefficient (Wildman–Crippen LogP) is 1.18. The third-order valence-corrected chi connectivity index (χ3v) is 3.14. The van der Waals surface area contributed by atoms with E-state index in [0.717, 1.165) is 31.0 Å². The number of rotatable bonds is 7. The molecule has 0 amide bonds. The minimum absolute atomic E-state index is 0.333. The van der Waals surface area contributed by atoms with Gasteiger partial charge in [0.2, 0.25) is 0 Å². The molecular formula is C16H22N2O3. The van der Waals surface area contributed by atoms with Crippen LogP contribution in [0, 0.1) is 11.8 Å². The highest BCUT2D eigenvalue weighted by atomic mass is 16.5. The van der Waals surface area contributed by atoms with Crippen LogP contribution in [-0.2, 0) is 9.47 Å². The monoisotopic (exact) mass is 290 g/mol. The maximum Gasteiger partial charge on any atom is 0.137 e. The van der Waals surface area contributed by atoms with Gasteiger partial charge in [0.05, 0.1) is 18.9 Å².